The van der Waals surface area contributed by atoms with Crippen LogP contribution in [0.25, 0.3) is 0 Å². The molecule has 10 heteroatoms. The molecule has 0 bridgehead atoms. The molecule has 0 radical (unpaired) electrons. The maximum atomic E-state index is 13.8. The molecular weight excluding hydrogens is 427 g/mol. The van der Waals surface area contributed by atoms with Crippen LogP contribution >= 0.6 is 11.8 Å². The van der Waals surface area contributed by atoms with Crippen LogP contribution in [0.2, 0.25) is 0 Å². The van der Waals surface area contributed by atoms with Crippen LogP contribution in [0, 0.1) is 5.92 Å². The number of carbonyl (C=O) groups is 1. The first-order chi connectivity index (χ1) is 14.0. The predicted octanol–water partition coefficient (Wildman–Crippen LogP) is 5.90. The normalized spacial score (nSPS) is 11.9. The first kappa shape index (κ1) is 23.9. The number of nitrogen functional groups attached to an aromatic ring is 1. The number of anilines is 1. The second-order valence-corrected chi connectivity index (χ2v) is 7.98. The van der Waals surface area contributed by atoms with E-state index < -0.39 is 35.5 Å². The van der Waals surface area contributed by atoms with Crippen molar-refractivity contribution in [3.63, 3.8) is 0 Å². The lowest BCUT2D eigenvalue weighted by molar-refractivity contribution is -0.142. The van der Waals surface area contributed by atoms with E-state index in [1.807, 2.05) is 0 Å². The minimum absolute atomic E-state index is 0.0252. The number of pyridine rings is 1. The molecule has 2 aromatic rings. The molecule has 1 heterocycles. The van der Waals surface area contributed by atoms with Gasteiger partial charge in [-0.1, -0.05) is 19.9 Å². The molecule has 1 aromatic heterocycles. The Morgan fingerprint density at radius 2 is 1.90 bits per heavy atom. The zero-order valence-corrected chi connectivity index (χ0v) is 17.3. The Kier molecular flexibility index (Phi) is 7.68. The number of thioether (sulfide) groups is 1. The molecule has 0 unspecified atom stereocenters. The van der Waals surface area contributed by atoms with E-state index in [0.717, 1.165) is 18.9 Å². The van der Waals surface area contributed by atoms with Crippen LogP contribution in [-0.2, 0) is 23.1 Å². The SMILES string of the molecule is COC(=O)c1c(C(F)F)nc(C(F)(F)F)c(CSc2cccc(N)c2)c1CC(C)C. The van der Waals surface area contributed by atoms with Gasteiger partial charge in [-0.15, -0.1) is 11.8 Å². The third-order valence-corrected chi connectivity index (χ3v) is 5.18. The molecular formula is C20H21F5N2O2S. The topological polar surface area (TPSA) is 65.2 Å². The minimum Gasteiger partial charge on any atom is -0.465 e. The van der Waals surface area contributed by atoms with E-state index in [9.17, 15) is 26.7 Å². The number of carbonyl (C=O) groups excluding carboxylic acids is 1. The molecule has 0 amide bonds. The summed E-state index contributed by atoms with van der Waals surface area (Å²) in [7, 11) is 0.982. The molecule has 0 saturated carbocycles. The van der Waals surface area contributed by atoms with Crippen LogP contribution in [0.5, 0.6) is 0 Å². The minimum atomic E-state index is -4.98. The summed E-state index contributed by atoms with van der Waals surface area (Å²) in [5, 5.41) is 0. The Hall–Kier alpha value is -2.36. The van der Waals surface area contributed by atoms with Crippen LogP contribution in [0.1, 0.15) is 53.1 Å². The van der Waals surface area contributed by atoms with Crippen molar-refractivity contribution in [2.24, 2.45) is 5.92 Å². The van der Waals surface area contributed by atoms with Crippen LogP contribution in [-0.4, -0.2) is 18.1 Å². The molecule has 2 rings (SSSR count). The molecule has 0 aliphatic carbocycles. The van der Waals surface area contributed by atoms with E-state index in [1.165, 1.54) is 0 Å². The number of nitrogens with zero attached hydrogens (tertiary/aromatic N) is 1. The van der Waals surface area contributed by atoms with Gasteiger partial charge in [0.1, 0.15) is 11.4 Å². The number of alkyl halides is 5. The number of nitrogens with two attached hydrogens (primary N) is 1. The number of aromatic nitrogens is 1. The Morgan fingerprint density at radius 1 is 1.23 bits per heavy atom. The Morgan fingerprint density at radius 3 is 2.40 bits per heavy atom. The zero-order valence-electron chi connectivity index (χ0n) is 16.5. The summed E-state index contributed by atoms with van der Waals surface area (Å²) >= 11 is 1.04. The summed E-state index contributed by atoms with van der Waals surface area (Å²) in [5.41, 5.74) is 2.47. The monoisotopic (exact) mass is 448 g/mol. The Balaban J connectivity index is 2.75. The van der Waals surface area contributed by atoms with Crippen molar-refractivity contribution in [1.29, 1.82) is 0 Å². The summed E-state index contributed by atoms with van der Waals surface area (Å²) in [6, 6.07) is 6.53. The van der Waals surface area contributed by atoms with Gasteiger partial charge in [0.2, 0.25) is 0 Å². The number of ether oxygens (including phenoxy) is 1. The Labute approximate surface area is 175 Å². The molecule has 4 nitrogen and oxygen atoms in total. The molecule has 30 heavy (non-hydrogen) atoms. The molecule has 0 saturated heterocycles. The summed E-state index contributed by atoms with van der Waals surface area (Å²) in [5.74, 6) is -1.59. The van der Waals surface area contributed by atoms with Gasteiger partial charge in [-0.2, -0.15) is 13.2 Å². The van der Waals surface area contributed by atoms with Gasteiger partial charge in [0.05, 0.1) is 12.7 Å². The van der Waals surface area contributed by atoms with E-state index in [1.54, 1.807) is 38.1 Å². The number of hydrogen-bond acceptors (Lipinski definition) is 5. The van der Waals surface area contributed by atoms with E-state index >= 15 is 0 Å². The molecule has 0 aliphatic heterocycles. The molecule has 0 spiro atoms. The van der Waals surface area contributed by atoms with Crippen molar-refractivity contribution in [2.45, 2.75) is 43.5 Å². The van der Waals surface area contributed by atoms with Gasteiger partial charge in [0.15, 0.2) is 0 Å². The highest BCUT2D eigenvalue weighted by molar-refractivity contribution is 7.98. The third kappa shape index (κ3) is 5.62. The number of halogens is 5. The van der Waals surface area contributed by atoms with Crippen molar-refractivity contribution in [3.05, 3.63) is 52.3 Å². The highest BCUT2D eigenvalue weighted by Gasteiger charge is 2.40. The quantitative estimate of drug-likeness (QED) is 0.247. The largest absolute Gasteiger partial charge is 0.465 e. The predicted molar refractivity (Wildman–Crippen MR) is 104 cm³/mol. The van der Waals surface area contributed by atoms with Gasteiger partial charge in [0.25, 0.3) is 6.43 Å². The lowest BCUT2D eigenvalue weighted by Gasteiger charge is -2.22. The zero-order chi connectivity index (χ0) is 22.6. The number of methoxy groups -OCH3 is 1. The summed E-state index contributed by atoms with van der Waals surface area (Å²) in [6.45, 7) is 3.43. The first-order valence-electron chi connectivity index (χ1n) is 8.93. The fourth-order valence-electron chi connectivity index (χ4n) is 2.96. The van der Waals surface area contributed by atoms with Crippen LogP contribution in [0.4, 0.5) is 27.6 Å². The molecule has 1 aromatic carbocycles. The highest BCUT2D eigenvalue weighted by atomic mass is 32.2. The lowest BCUT2D eigenvalue weighted by atomic mass is 9.91. The van der Waals surface area contributed by atoms with Crippen molar-refractivity contribution in [1.82, 2.24) is 4.98 Å². The van der Waals surface area contributed by atoms with Crippen LogP contribution in [0.15, 0.2) is 29.2 Å². The van der Waals surface area contributed by atoms with Gasteiger partial charge in [-0.05, 0) is 41.7 Å². The van der Waals surface area contributed by atoms with E-state index in [-0.39, 0.29) is 29.2 Å². The maximum Gasteiger partial charge on any atom is 0.433 e. The highest BCUT2D eigenvalue weighted by Crippen LogP contribution is 2.40. The van der Waals surface area contributed by atoms with Crippen molar-refractivity contribution in [2.75, 3.05) is 12.8 Å². The summed E-state index contributed by atoms with van der Waals surface area (Å²) in [4.78, 5) is 16.1. The van der Waals surface area contributed by atoms with Gasteiger partial charge in [0, 0.05) is 16.3 Å². The number of benzene rings is 1. The van der Waals surface area contributed by atoms with Gasteiger partial charge < -0.3 is 10.5 Å². The van der Waals surface area contributed by atoms with Crippen molar-refractivity contribution < 1.29 is 31.5 Å². The lowest BCUT2D eigenvalue weighted by Crippen LogP contribution is -2.22. The van der Waals surface area contributed by atoms with Gasteiger partial charge >= 0.3 is 12.1 Å². The van der Waals surface area contributed by atoms with Crippen molar-refractivity contribution >= 4 is 23.4 Å². The van der Waals surface area contributed by atoms with E-state index in [4.69, 9.17) is 5.73 Å². The molecule has 0 aliphatic rings. The van der Waals surface area contributed by atoms with Gasteiger partial charge in [-0.25, -0.2) is 18.6 Å². The standard InChI is InChI=1S/C20H21F5N2O2S/c1-10(2)7-13-14(9-30-12-6-4-5-11(26)8-12)17(20(23,24)25)27-16(18(21)22)15(13)19(28)29-3/h4-6,8,10,18H,7,9,26H2,1-3H3. The summed E-state index contributed by atoms with van der Waals surface area (Å²) < 4.78 is 73.0. The molecule has 164 valence electrons. The number of hydrogen-bond donors (Lipinski definition) is 1. The average Bonchev–Trinajstić information content (AvgIpc) is 2.64. The molecule has 0 fully saturated rings. The van der Waals surface area contributed by atoms with Crippen molar-refractivity contribution in [3.8, 4) is 0 Å². The fourth-order valence-corrected chi connectivity index (χ4v) is 3.98. The molecule has 0 atom stereocenters. The van der Waals surface area contributed by atoms with E-state index in [2.05, 4.69) is 9.72 Å². The fraction of sp³-hybridized carbons (Fsp3) is 0.400. The first-order valence-corrected chi connectivity index (χ1v) is 9.91. The Bertz CT molecular complexity index is 917. The maximum absolute atomic E-state index is 13.8. The summed E-state index contributed by atoms with van der Waals surface area (Å²) in [6.07, 6.45) is -8.38. The third-order valence-electron chi connectivity index (χ3n) is 4.16. The van der Waals surface area contributed by atoms with E-state index in [0.29, 0.717) is 10.6 Å². The smallest absolute Gasteiger partial charge is 0.433 e. The molecule has 2 N–H and O–H groups in total. The second kappa shape index (κ2) is 9.63. The number of esters is 1. The van der Waals surface area contributed by atoms with Crippen LogP contribution < -0.4 is 5.73 Å². The number of rotatable bonds is 7. The van der Waals surface area contributed by atoms with Crippen LogP contribution in [0.3, 0.4) is 0 Å². The second-order valence-electron chi connectivity index (χ2n) is 6.93. The van der Waals surface area contributed by atoms with Gasteiger partial charge in [-0.3, -0.25) is 0 Å². The average molecular weight is 448 g/mol.